The molecular weight excluding hydrogens is 481 g/mol. The number of carbonyl (C=O) groups is 1. The molecule has 1 atom stereocenters. The van der Waals surface area contributed by atoms with Crippen LogP contribution in [-0.2, 0) is 0 Å². The van der Waals surface area contributed by atoms with Gasteiger partial charge in [-0.2, -0.15) is 27.3 Å². The van der Waals surface area contributed by atoms with E-state index in [1.54, 1.807) is 13.0 Å². The summed E-state index contributed by atoms with van der Waals surface area (Å²) in [7, 11) is 0. The molecule has 1 aromatic carbocycles. The molecule has 0 bridgehead atoms. The molecule has 0 radical (unpaired) electrons. The number of benzene rings is 1. The molecular formula is C17H13Cl2F4N7O2. The molecule has 0 saturated carbocycles. The topological polar surface area (TPSA) is 107 Å². The van der Waals surface area contributed by atoms with Gasteiger partial charge in [0.2, 0.25) is 0 Å². The highest BCUT2D eigenvalue weighted by atomic mass is 35.5. The van der Waals surface area contributed by atoms with Crippen molar-refractivity contribution in [2.75, 3.05) is 5.32 Å². The first-order valence-electron chi connectivity index (χ1n) is 8.67. The summed E-state index contributed by atoms with van der Waals surface area (Å²) in [6.07, 6.45) is -4.66. The lowest BCUT2D eigenvalue weighted by atomic mass is 10.3. The molecule has 2 N–H and O–H groups in total. The highest BCUT2D eigenvalue weighted by Gasteiger charge is 2.44. The highest BCUT2D eigenvalue weighted by molar-refractivity contribution is 6.37. The fourth-order valence-corrected chi connectivity index (χ4v) is 2.88. The molecule has 2 amide bonds. The minimum absolute atomic E-state index is 0.147. The van der Waals surface area contributed by atoms with Crippen LogP contribution in [0.2, 0.25) is 10.0 Å². The Morgan fingerprint density at radius 3 is 2.50 bits per heavy atom. The molecule has 0 spiro atoms. The van der Waals surface area contributed by atoms with E-state index >= 15 is 0 Å². The van der Waals surface area contributed by atoms with Gasteiger partial charge in [0.25, 0.3) is 5.95 Å². The van der Waals surface area contributed by atoms with Crippen molar-refractivity contribution in [3.8, 4) is 11.7 Å². The van der Waals surface area contributed by atoms with E-state index in [4.69, 9.17) is 23.2 Å². The Hall–Kier alpha value is -3.19. The number of nitrogens with one attached hydrogen (secondary N) is 2. The smallest absolute Gasteiger partial charge is 0.427 e. The average Bonchev–Trinajstić information content (AvgIpc) is 3.22. The van der Waals surface area contributed by atoms with Gasteiger partial charge >= 0.3 is 18.6 Å². The number of carbonyl (C=O) groups excluding carboxylic acids is 1. The number of halogens is 6. The molecule has 2 heterocycles. The summed E-state index contributed by atoms with van der Waals surface area (Å²) >= 11 is 11.7. The molecule has 15 heteroatoms. The standard InChI is InChI=1S/C17H13Cl2F4N7O2/c1-8(13-26-7-27-30(13)15-24-3-2-4-25-15)28-16(31)29-11-6-12(10(19)5-9(11)18)32-17(22,23)14(20)21/h2-8,14H,1H3,(H2,28,29,31). The van der Waals surface area contributed by atoms with Crippen molar-refractivity contribution in [3.05, 3.63) is 52.8 Å². The van der Waals surface area contributed by atoms with Crippen LogP contribution in [0.3, 0.4) is 0 Å². The van der Waals surface area contributed by atoms with Crippen molar-refractivity contribution in [2.45, 2.75) is 25.5 Å². The first-order chi connectivity index (χ1) is 15.1. The van der Waals surface area contributed by atoms with E-state index in [2.05, 4.69) is 35.4 Å². The van der Waals surface area contributed by atoms with E-state index in [9.17, 15) is 22.4 Å². The van der Waals surface area contributed by atoms with Gasteiger partial charge in [-0.1, -0.05) is 23.2 Å². The van der Waals surface area contributed by atoms with Gasteiger partial charge in [0.15, 0.2) is 5.82 Å². The van der Waals surface area contributed by atoms with Crippen LogP contribution in [0.4, 0.5) is 28.0 Å². The third kappa shape index (κ3) is 5.34. The Kier molecular flexibility index (Phi) is 6.99. The highest BCUT2D eigenvalue weighted by Crippen LogP contribution is 2.38. The van der Waals surface area contributed by atoms with Gasteiger partial charge in [0, 0.05) is 18.5 Å². The summed E-state index contributed by atoms with van der Waals surface area (Å²) in [5.41, 5.74) is -0.214. The van der Waals surface area contributed by atoms with E-state index in [1.165, 1.54) is 23.4 Å². The second-order valence-corrected chi connectivity index (χ2v) is 6.94. The third-order valence-electron chi connectivity index (χ3n) is 3.82. The maximum absolute atomic E-state index is 13.2. The number of hydrogen-bond donors (Lipinski definition) is 2. The van der Waals surface area contributed by atoms with E-state index in [-0.39, 0.29) is 22.5 Å². The zero-order valence-corrected chi connectivity index (χ0v) is 17.5. The predicted molar refractivity (Wildman–Crippen MR) is 106 cm³/mol. The molecule has 0 aliphatic rings. The van der Waals surface area contributed by atoms with Gasteiger partial charge in [-0.15, -0.1) is 0 Å². The van der Waals surface area contributed by atoms with Crippen molar-refractivity contribution in [1.29, 1.82) is 0 Å². The lowest BCUT2D eigenvalue weighted by molar-refractivity contribution is -0.253. The van der Waals surface area contributed by atoms with Crippen molar-refractivity contribution in [2.24, 2.45) is 0 Å². The number of urea groups is 1. The molecule has 3 aromatic rings. The van der Waals surface area contributed by atoms with Gasteiger partial charge in [-0.3, -0.25) is 0 Å². The van der Waals surface area contributed by atoms with Crippen LogP contribution in [-0.4, -0.2) is 43.3 Å². The van der Waals surface area contributed by atoms with Gasteiger partial charge < -0.3 is 15.4 Å². The van der Waals surface area contributed by atoms with Crippen molar-refractivity contribution in [3.63, 3.8) is 0 Å². The summed E-state index contributed by atoms with van der Waals surface area (Å²) in [4.78, 5) is 24.5. The number of nitrogens with zero attached hydrogens (tertiary/aromatic N) is 5. The fraction of sp³-hybridized carbons (Fsp3) is 0.235. The lowest BCUT2D eigenvalue weighted by Crippen LogP contribution is -2.34. The third-order valence-corrected chi connectivity index (χ3v) is 4.43. The van der Waals surface area contributed by atoms with E-state index in [0.29, 0.717) is 0 Å². The van der Waals surface area contributed by atoms with Crippen LogP contribution >= 0.6 is 23.2 Å². The summed E-state index contributed by atoms with van der Waals surface area (Å²) in [6.45, 7) is 1.59. The van der Waals surface area contributed by atoms with Gasteiger partial charge in [-0.25, -0.2) is 19.7 Å². The predicted octanol–water partition coefficient (Wildman–Crippen LogP) is 4.48. The Morgan fingerprint density at radius 1 is 1.16 bits per heavy atom. The number of anilines is 1. The average molecular weight is 494 g/mol. The molecule has 170 valence electrons. The molecule has 3 rings (SSSR count). The summed E-state index contributed by atoms with van der Waals surface area (Å²) in [5, 5.41) is 8.25. The summed E-state index contributed by atoms with van der Waals surface area (Å²) < 4.78 is 56.6. The van der Waals surface area contributed by atoms with Crippen LogP contribution in [0, 0.1) is 0 Å². The number of alkyl halides is 4. The van der Waals surface area contributed by atoms with Crippen molar-refractivity contribution >= 4 is 34.9 Å². The monoisotopic (exact) mass is 493 g/mol. The maximum Gasteiger partial charge on any atom is 0.461 e. The molecule has 0 aliphatic heterocycles. The van der Waals surface area contributed by atoms with Crippen LogP contribution < -0.4 is 15.4 Å². The second-order valence-electron chi connectivity index (χ2n) is 6.13. The second kappa shape index (κ2) is 9.53. The molecule has 9 nitrogen and oxygen atoms in total. The quantitative estimate of drug-likeness (QED) is 0.469. The SMILES string of the molecule is CC(NC(=O)Nc1cc(OC(F)(F)C(F)F)c(Cl)cc1Cl)c1ncnn1-c1ncccn1. The minimum Gasteiger partial charge on any atom is -0.427 e. The number of rotatable bonds is 7. The van der Waals surface area contributed by atoms with Crippen LogP contribution in [0.1, 0.15) is 18.8 Å². The zero-order chi connectivity index (χ0) is 23.5. The molecule has 1 unspecified atom stereocenters. The summed E-state index contributed by atoms with van der Waals surface area (Å²) in [6, 6.07) is 1.83. The Labute approximate surface area is 187 Å². The van der Waals surface area contributed by atoms with Crippen LogP contribution in [0.15, 0.2) is 36.9 Å². The van der Waals surface area contributed by atoms with E-state index in [1.807, 2.05) is 0 Å². The van der Waals surface area contributed by atoms with Crippen LogP contribution in [0.25, 0.3) is 5.95 Å². The molecule has 0 saturated heterocycles. The molecule has 2 aromatic heterocycles. The number of hydrogen-bond acceptors (Lipinski definition) is 6. The number of ether oxygens (including phenoxy) is 1. The van der Waals surface area contributed by atoms with E-state index in [0.717, 1.165) is 12.1 Å². The Morgan fingerprint density at radius 2 is 1.84 bits per heavy atom. The molecule has 0 aliphatic carbocycles. The minimum atomic E-state index is -4.80. The number of amides is 2. The summed E-state index contributed by atoms with van der Waals surface area (Å²) in [5.74, 6) is -0.295. The Balaban J connectivity index is 1.74. The van der Waals surface area contributed by atoms with Crippen LogP contribution in [0.5, 0.6) is 5.75 Å². The largest absolute Gasteiger partial charge is 0.461 e. The maximum atomic E-state index is 13.2. The van der Waals surface area contributed by atoms with Gasteiger partial charge in [0.05, 0.1) is 21.8 Å². The zero-order valence-electron chi connectivity index (χ0n) is 15.9. The van der Waals surface area contributed by atoms with Gasteiger partial charge in [-0.05, 0) is 19.1 Å². The van der Waals surface area contributed by atoms with Crippen molar-refractivity contribution < 1.29 is 27.1 Å². The number of aromatic nitrogens is 5. The molecule has 0 fully saturated rings. The Bertz CT molecular complexity index is 1100. The lowest BCUT2D eigenvalue weighted by Gasteiger charge is -2.19. The fourth-order valence-electron chi connectivity index (χ4n) is 2.41. The van der Waals surface area contributed by atoms with Gasteiger partial charge in [0.1, 0.15) is 12.1 Å². The first-order valence-corrected chi connectivity index (χ1v) is 9.43. The first kappa shape index (κ1) is 23.5. The normalized spacial score (nSPS) is 12.5. The molecule has 32 heavy (non-hydrogen) atoms. The van der Waals surface area contributed by atoms with E-state index < -0.39 is 35.4 Å². The van der Waals surface area contributed by atoms with Crippen molar-refractivity contribution in [1.82, 2.24) is 30.0 Å².